The third-order valence-corrected chi connectivity index (χ3v) is 5.06. The highest BCUT2D eigenvalue weighted by molar-refractivity contribution is 5.99. The van der Waals surface area contributed by atoms with Crippen LogP contribution in [0.4, 0.5) is 27.5 Å². The van der Waals surface area contributed by atoms with E-state index in [1.165, 1.54) is 7.11 Å². The van der Waals surface area contributed by atoms with E-state index in [1.807, 2.05) is 44.2 Å². The molecule has 0 aliphatic rings. The van der Waals surface area contributed by atoms with Crippen LogP contribution in [0.1, 0.15) is 17.3 Å². The van der Waals surface area contributed by atoms with E-state index in [9.17, 15) is 9.18 Å². The first-order valence-corrected chi connectivity index (χ1v) is 10.0. The average molecular weight is 445 g/mol. The van der Waals surface area contributed by atoms with Gasteiger partial charge in [0.05, 0.1) is 23.7 Å². The number of hydrogen-bond acceptors (Lipinski definition) is 8. The fraction of sp³-hybridized carbons (Fsp3) is 0.381. The van der Waals surface area contributed by atoms with Crippen molar-refractivity contribution in [1.82, 2.24) is 14.8 Å². The Bertz CT molecular complexity index is 1130. The monoisotopic (exact) mass is 444 g/mol. The van der Waals surface area contributed by atoms with Crippen molar-refractivity contribution in [2.45, 2.75) is 19.0 Å². The van der Waals surface area contributed by atoms with Gasteiger partial charge >= 0.3 is 0 Å². The quantitative estimate of drug-likeness (QED) is 0.392. The third-order valence-electron chi connectivity index (χ3n) is 5.06. The number of carbonyl (C=O) groups excluding carboxylic acids is 1. The molecule has 0 fully saturated rings. The Kier molecular flexibility index (Phi) is 6.80. The summed E-state index contributed by atoms with van der Waals surface area (Å²) in [5.74, 6) is -0.675. The maximum Gasteiger partial charge on any atom is 0.252 e. The van der Waals surface area contributed by atoms with Crippen LogP contribution in [0.5, 0.6) is 0 Å². The summed E-state index contributed by atoms with van der Waals surface area (Å²) in [7, 11) is 7.20. The summed E-state index contributed by atoms with van der Waals surface area (Å²) >= 11 is 0. The molecule has 172 valence electrons. The van der Waals surface area contributed by atoms with Gasteiger partial charge in [0.25, 0.3) is 5.91 Å². The Morgan fingerprint density at radius 2 is 2.03 bits per heavy atom. The van der Waals surface area contributed by atoms with Gasteiger partial charge in [-0.05, 0) is 31.2 Å². The molecule has 1 amide bonds. The van der Waals surface area contributed by atoms with Crippen LogP contribution in [0.2, 0.25) is 0 Å². The molecule has 0 aliphatic heterocycles. The molecule has 0 aliphatic carbocycles. The van der Waals surface area contributed by atoms with Gasteiger partial charge in [-0.2, -0.15) is 5.10 Å². The van der Waals surface area contributed by atoms with Crippen molar-refractivity contribution >= 4 is 40.0 Å². The summed E-state index contributed by atoms with van der Waals surface area (Å²) in [6, 6.07) is 5.94. The Labute approximate surface area is 185 Å². The van der Waals surface area contributed by atoms with Crippen LogP contribution >= 0.6 is 0 Å². The lowest BCUT2D eigenvalue weighted by molar-refractivity contribution is 0.100. The number of rotatable bonds is 9. The number of fused-ring (bicyclic) bond motifs is 1. The highest BCUT2D eigenvalue weighted by Gasteiger charge is 2.21. The highest BCUT2D eigenvalue weighted by Crippen LogP contribution is 2.30. The van der Waals surface area contributed by atoms with Crippen molar-refractivity contribution in [3.05, 3.63) is 35.6 Å². The van der Waals surface area contributed by atoms with E-state index in [1.54, 1.807) is 11.6 Å². The second-order valence-electron chi connectivity index (χ2n) is 7.84. The van der Waals surface area contributed by atoms with E-state index in [2.05, 4.69) is 20.7 Å². The van der Waals surface area contributed by atoms with E-state index >= 15 is 0 Å². The molecule has 1 aromatic carbocycles. The van der Waals surface area contributed by atoms with Gasteiger partial charge in [-0.15, -0.1) is 0 Å². The Balaban J connectivity index is 2.02. The number of aromatic nitrogens is 3. The maximum absolute atomic E-state index is 14.7. The average Bonchev–Trinajstić information content (AvgIpc) is 3.05. The van der Waals surface area contributed by atoms with Gasteiger partial charge in [0.1, 0.15) is 5.82 Å². The number of anilines is 4. The number of nitrogens with one attached hydrogen (secondary N) is 2. The summed E-state index contributed by atoms with van der Waals surface area (Å²) in [6.07, 6.45) is 0. The van der Waals surface area contributed by atoms with Crippen LogP contribution in [-0.4, -0.2) is 60.6 Å². The first-order valence-electron chi connectivity index (χ1n) is 10.0. The lowest BCUT2D eigenvalue weighted by Crippen LogP contribution is -2.41. The minimum atomic E-state index is -0.803. The van der Waals surface area contributed by atoms with Gasteiger partial charge in [-0.25, -0.2) is 9.37 Å². The molecule has 0 saturated heterocycles. The first kappa shape index (κ1) is 23.2. The summed E-state index contributed by atoms with van der Waals surface area (Å²) in [5, 5.41) is 11.5. The minimum absolute atomic E-state index is 0.0618. The van der Waals surface area contributed by atoms with Gasteiger partial charge in [-0.3, -0.25) is 9.48 Å². The van der Waals surface area contributed by atoms with Gasteiger partial charge in [0, 0.05) is 45.4 Å². The van der Waals surface area contributed by atoms with Crippen molar-refractivity contribution < 1.29 is 13.9 Å². The predicted molar refractivity (Wildman–Crippen MR) is 124 cm³/mol. The topological polar surface area (TPSA) is 136 Å². The van der Waals surface area contributed by atoms with E-state index < -0.39 is 11.7 Å². The van der Waals surface area contributed by atoms with Gasteiger partial charge < -0.3 is 31.7 Å². The Morgan fingerprint density at radius 1 is 1.31 bits per heavy atom. The van der Waals surface area contributed by atoms with Gasteiger partial charge in [0.2, 0.25) is 0 Å². The predicted octanol–water partition coefficient (Wildman–Crippen LogP) is 1.79. The number of methoxy groups -OCH3 is 1. The minimum Gasteiger partial charge on any atom is -0.382 e. The summed E-state index contributed by atoms with van der Waals surface area (Å²) in [6.45, 7) is 2.03. The number of halogens is 1. The fourth-order valence-electron chi connectivity index (χ4n) is 3.35. The smallest absolute Gasteiger partial charge is 0.252 e. The number of amides is 1. The number of carbonyl (C=O) groups is 1. The molecule has 0 spiro atoms. The number of hydrogen-bond donors (Lipinski definition) is 4. The largest absolute Gasteiger partial charge is 0.382 e. The summed E-state index contributed by atoms with van der Waals surface area (Å²) < 4.78 is 21.6. The first-order chi connectivity index (χ1) is 15.1. The molecule has 3 rings (SSSR count). The van der Waals surface area contributed by atoms with E-state index in [-0.39, 0.29) is 35.9 Å². The van der Waals surface area contributed by atoms with Gasteiger partial charge in [0.15, 0.2) is 17.5 Å². The number of benzene rings is 1. The van der Waals surface area contributed by atoms with Crippen molar-refractivity contribution in [3.8, 4) is 0 Å². The normalized spacial score (nSPS) is 13.1. The number of ether oxygens (including phenoxy) is 1. The number of nitrogens with two attached hydrogens (primary N) is 2. The standard InChI is InChI=1S/C21H29FN8O2/c1-11(23)16(10-32-5)26-20-15(22)9-14(18(24)31)19(27-20)25-12-6-7-17-13(8-12)21(29(2)3)28-30(17)4/h6-9,11,16H,10,23H2,1-5H3,(H2,24,31)(H2,25,26,27)/t11-,16+/m0/s1. The lowest BCUT2D eigenvalue weighted by atomic mass is 10.1. The molecule has 0 saturated carbocycles. The molecule has 32 heavy (non-hydrogen) atoms. The molecule has 2 atom stereocenters. The molecule has 2 aromatic heterocycles. The van der Waals surface area contributed by atoms with Crippen molar-refractivity contribution in [2.24, 2.45) is 18.5 Å². The SMILES string of the molecule is COC[C@@H](Nc1nc(Nc2ccc3c(c2)c(N(C)C)nn3C)c(C(N)=O)cc1F)[C@H](C)N. The molecule has 11 heteroatoms. The van der Waals surface area contributed by atoms with Crippen molar-refractivity contribution in [1.29, 1.82) is 0 Å². The summed E-state index contributed by atoms with van der Waals surface area (Å²) in [4.78, 5) is 18.2. The highest BCUT2D eigenvalue weighted by atomic mass is 19.1. The van der Waals surface area contributed by atoms with Crippen LogP contribution in [0.25, 0.3) is 10.9 Å². The second-order valence-corrected chi connectivity index (χ2v) is 7.84. The molecule has 10 nitrogen and oxygen atoms in total. The number of pyridine rings is 1. The molecular weight excluding hydrogens is 415 g/mol. The molecule has 3 aromatic rings. The number of aryl methyl sites for hydroxylation is 1. The number of nitrogens with zero attached hydrogens (tertiary/aromatic N) is 4. The zero-order chi connectivity index (χ0) is 23.6. The zero-order valence-electron chi connectivity index (χ0n) is 18.8. The fourth-order valence-corrected chi connectivity index (χ4v) is 3.35. The van der Waals surface area contributed by atoms with Crippen molar-refractivity contribution in [3.63, 3.8) is 0 Å². The molecule has 0 unspecified atom stereocenters. The lowest BCUT2D eigenvalue weighted by Gasteiger charge is -2.23. The van der Waals surface area contributed by atoms with Crippen LogP contribution in [0.15, 0.2) is 24.3 Å². The zero-order valence-corrected chi connectivity index (χ0v) is 18.8. The van der Waals surface area contributed by atoms with Crippen LogP contribution in [0.3, 0.4) is 0 Å². The van der Waals surface area contributed by atoms with Crippen LogP contribution < -0.4 is 27.0 Å². The van der Waals surface area contributed by atoms with Crippen LogP contribution in [-0.2, 0) is 11.8 Å². The number of primary amides is 1. The van der Waals surface area contributed by atoms with E-state index in [0.717, 1.165) is 22.8 Å². The molecule has 0 bridgehead atoms. The maximum atomic E-state index is 14.7. The molecule has 0 radical (unpaired) electrons. The molecular formula is C21H29FN8O2. The Hall–Kier alpha value is -3.44. The van der Waals surface area contributed by atoms with E-state index in [4.69, 9.17) is 16.2 Å². The Morgan fingerprint density at radius 3 is 2.62 bits per heavy atom. The molecule has 6 N–H and O–H groups in total. The summed E-state index contributed by atoms with van der Waals surface area (Å²) in [5.41, 5.74) is 12.9. The molecule has 2 heterocycles. The second kappa shape index (κ2) is 9.37. The van der Waals surface area contributed by atoms with Gasteiger partial charge in [-0.1, -0.05) is 0 Å². The van der Waals surface area contributed by atoms with Crippen LogP contribution in [0, 0.1) is 5.82 Å². The third kappa shape index (κ3) is 4.73. The van der Waals surface area contributed by atoms with E-state index in [0.29, 0.717) is 5.69 Å². The van der Waals surface area contributed by atoms with Crippen molar-refractivity contribution in [2.75, 3.05) is 43.3 Å².